The number of rotatable bonds is 4. The van der Waals surface area contributed by atoms with E-state index in [1.807, 2.05) is 0 Å². The van der Waals surface area contributed by atoms with Crippen LogP contribution < -0.4 is 0 Å². The van der Waals surface area contributed by atoms with Crippen molar-refractivity contribution in [3.8, 4) is 0 Å². The van der Waals surface area contributed by atoms with Crippen LogP contribution in [0.1, 0.15) is 10.4 Å². The minimum absolute atomic E-state index is 0.0326. The van der Waals surface area contributed by atoms with E-state index in [1.54, 1.807) is 30.3 Å². The topological polar surface area (TPSA) is 131 Å². The highest BCUT2D eigenvalue weighted by atomic mass is 19.1. The van der Waals surface area contributed by atoms with Crippen molar-refractivity contribution in [2.45, 2.75) is 30.1 Å². The van der Waals surface area contributed by atoms with Crippen LogP contribution in [0.4, 0.5) is 4.39 Å². The predicted octanol–water partition coefficient (Wildman–Crippen LogP) is -0.214. The van der Waals surface area contributed by atoms with Gasteiger partial charge in [0.2, 0.25) is 11.3 Å². The number of aliphatic hydroxyl groups excluding tert-OH is 2. The van der Waals surface area contributed by atoms with Gasteiger partial charge in [0.15, 0.2) is 24.1 Å². The average molecular weight is 373 g/mol. The SMILES string of the molecule is N=C1N=CN=C2N([C@@H]3O[C@H](CO)[C@@H](O)[C@H]3F)C=NC12C(=O)c1ccccc1. The fourth-order valence-corrected chi connectivity index (χ4v) is 3.34. The standard InChI is InChI=1S/C17H16FN5O4/c18-11-12(25)10(6-24)27-14(11)23-8-22-17(15(19)20-7-21-16(17)23)13(26)9-4-2-1-3-5-9/h1-5,7-8,10-12,14,19,24-25H,6H2/t10-,11-,12-,14-,17?/m1/s1. The van der Waals surface area contributed by atoms with E-state index < -0.39 is 42.5 Å². The average Bonchev–Trinajstić information content (AvgIpc) is 3.22. The lowest BCUT2D eigenvalue weighted by Crippen LogP contribution is -2.57. The lowest BCUT2D eigenvalue weighted by atomic mass is 9.86. The van der Waals surface area contributed by atoms with E-state index in [2.05, 4.69) is 15.0 Å². The van der Waals surface area contributed by atoms with Crippen molar-refractivity contribution in [2.75, 3.05) is 6.61 Å². The number of nitrogens with one attached hydrogen (secondary N) is 1. The van der Waals surface area contributed by atoms with E-state index in [0.717, 1.165) is 12.7 Å². The number of nitrogens with zero attached hydrogens (tertiary/aromatic N) is 4. The molecule has 27 heavy (non-hydrogen) atoms. The number of amidine groups is 2. The highest BCUT2D eigenvalue weighted by Gasteiger charge is 2.58. The summed E-state index contributed by atoms with van der Waals surface area (Å²) in [5, 5.41) is 27.3. The lowest BCUT2D eigenvalue weighted by Gasteiger charge is -2.31. The van der Waals surface area contributed by atoms with Crippen LogP contribution in [0, 0.1) is 5.41 Å². The molecule has 5 atom stereocenters. The molecule has 3 heterocycles. The van der Waals surface area contributed by atoms with Crippen molar-refractivity contribution >= 4 is 30.1 Å². The largest absolute Gasteiger partial charge is 0.394 e. The van der Waals surface area contributed by atoms with E-state index in [-0.39, 0.29) is 11.7 Å². The second kappa shape index (κ2) is 6.41. The molecule has 0 aliphatic carbocycles. The molecule has 3 N–H and O–H groups in total. The predicted molar refractivity (Wildman–Crippen MR) is 94.1 cm³/mol. The molecule has 0 aromatic heterocycles. The summed E-state index contributed by atoms with van der Waals surface area (Å²) in [4.78, 5) is 26.4. The molecule has 0 bridgehead atoms. The van der Waals surface area contributed by atoms with Gasteiger partial charge in [-0.3, -0.25) is 15.1 Å². The summed E-state index contributed by atoms with van der Waals surface area (Å²) < 4.78 is 19.9. The van der Waals surface area contributed by atoms with E-state index in [0.29, 0.717) is 5.56 Å². The number of hydrogen-bond acceptors (Lipinski definition) is 8. The van der Waals surface area contributed by atoms with E-state index in [9.17, 15) is 19.4 Å². The molecule has 3 aliphatic rings. The Kier molecular flexibility index (Phi) is 4.17. The molecule has 4 rings (SSSR count). The van der Waals surface area contributed by atoms with Crippen molar-refractivity contribution in [1.29, 1.82) is 5.41 Å². The van der Waals surface area contributed by atoms with Crippen molar-refractivity contribution < 1.29 is 24.1 Å². The third kappa shape index (κ3) is 2.45. The summed E-state index contributed by atoms with van der Waals surface area (Å²) in [6.45, 7) is -0.569. The quantitative estimate of drug-likeness (QED) is 0.629. The number of Topliss-reactive ketones (excluding diaryl/α,β-unsaturated/α-hetero) is 1. The fraction of sp³-hybridized carbons (Fsp3) is 0.353. The maximum absolute atomic E-state index is 14.6. The van der Waals surface area contributed by atoms with Crippen molar-refractivity contribution in [1.82, 2.24) is 4.90 Å². The van der Waals surface area contributed by atoms with Crippen LogP contribution in [0.25, 0.3) is 0 Å². The van der Waals surface area contributed by atoms with Gasteiger partial charge in [0.1, 0.15) is 18.5 Å². The first kappa shape index (κ1) is 17.6. The van der Waals surface area contributed by atoms with Crippen molar-refractivity contribution in [2.24, 2.45) is 15.0 Å². The van der Waals surface area contributed by atoms with Gasteiger partial charge in [0, 0.05) is 5.56 Å². The molecule has 1 fully saturated rings. The Bertz CT molecular complexity index is 873. The summed E-state index contributed by atoms with van der Waals surface area (Å²) in [7, 11) is 0. The molecule has 1 unspecified atom stereocenters. The molecule has 1 saturated heterocycles. The van der Waals surface area contributed by atoms with E-state index in [4.69, 9.17) is 10.1 Å². The Morgan fingerprint density at radius 2 is 2.11 bits per heavy atom. The summed E-state index contributed by atoms with van der Waals surface area (Å²) >= 11 is 0. The van der Waals surface area contributed by atoms with Gasteiger partial charge in [-0.25, -0.2) is 19.4 Å². The zero-order valence-corrected chi connectivity index (χ0v) is 13.9. The zero-order valence-electron chi connectivity index (χ0n) is 13.9. The number of alkyl halides is 1. The zero-order chi connectivity index (χ0) is 19.2. The molecule has 10 heteroatoms. The maximum atomic E-state index is 14.6. The monoisotopic (exact) mass is 373 g/mol. The Balaban J connectivity index is 1.73. The Hall–Kier alpha value is -2.82. The summed E-state index contributed by atoms with van der Waals surface area (Å²) in [6.07, 6.45) is -3.62. The Morgan fingerprint density at radius 3 is 2.78 bits per heavy atom. The highest BCUT2D eigenvalue weighted by molar-refractivity contribution is 6.40. The molecule has 9 nitrogen and oxygen atoms in total. The summed E-state index contributed by atoms with van der Waals surface area (Å²) in [5.41, 5.74) is -1.55. The molecule has 0 radical (unpaired) electrons. The smallest absolute Gasteiger partial charge is 0.240 e. The van der Waals surface area contributed by atoms with Gasteiger partial charge in [0.25, 0.3) is 0 Å². The maximum Gasteiger partial charge on any atom is 0.240 e. The Labute approximate surface area is 153 Å². The van der Waals surface area contributed by atoms with Crippen molar-refractivity contribution in [3.05, 3.63) is 35.9 Å². The number of hydrogen-bond donors (Lipinski definition) is 3. The number of ketones is 1. The van der Waals surface area contributed by atoms with Gasteiger partial charge in [-0.1, -0.05) is 30.3 Å². The van der Waals surface area contributed by atoms with Gasteiger partial charge in [-0.05, 0) is 0 Å². The molecule has 3 aliphatic heterocycles. The fourth-order valence-electron chi connectivity index (χ4n) is 3.34. The molecule has 0 amide bonds. The number of fused-ring (bicyclic) bond motifs is 1. The summed E-state index contributed by atoms with van der Waals surface area (Å²) in [5.74, 6) is -0.919. The molecular formula is C17H16FN5O4. The lowest BCUT2D eigenvalue weighted by molar-refractivity contribution is -0.0460. The normalized spacial score (nSPS) is 34.7. The molecule has 0 saturated carbocycles. The number of carbonyl (C=O) groups is 1. The van der Waals surface area contributed by atoms with Gasteiger partial charge >= 0.3 is 0 Å². The van der Waals surface area contributed by atoms with E-state index in [1.165, 1.54) is 4.90 Å². The second-order valence-corrected chi connectivity index (χ2v) is 6.29. The van der Waals surface area contributed by atoms with Crippen LogP contribution in [-0.2, 0) is 4.74 Å². The van der Waals surface area contributed by atoms with Crippen LogP contribution in [-0.4, -0.2) is 82.0 Å². The van der Waals surface area contributed by atoms with Crippen LogP contribution >= 0.6 is 0 Å². The Morgan fingerprint density at radius 1 is 1.37 bits per heavy atom. The number of benzene rings is 1. The third-order valence-electron chi connectivity index (χ3n) is 4.77. The van der Waals surface area contributed by atoms with Crippen LogP contribution in [0.5, 0.6) is 0 Å². The first-order valence-electron chi connectivity index (χ1n) is 8.22. The second-order valence-electron chi connectivity index (χ2n) is 6.29. The number of ether oxygens (including phenoxy) is 1. The number of carbonyl (C=O) groups excluding carboxylic acids is 1. The minimum atomic E-state index is -1.87. The number of halogens is 1. The first-order valence-corrected chi connectivity index (χ1v) is 8.22. The van der Waals surface area contributed by atoms with E-state index >= 15 is 0 Å². The molecule has 1 aromatic carbocycles. The van der Waals surface area contributed by atoms with Gasteiger partial charge in [-0.15, -0.1) is 0 Å². The molecule has 140 valence electrons. The molecule has 1 aromatic rings. The molecule has 0 spiro atoms. The minimum Gasteiger partial charge on any atom is -0.394 e. The van der Waals surface area contributed by atoms with Crippen LogP contribution in [0.3, 0.4) is 0 Å². The summed E-state index contributed by atoms with van der Waals surface area (Å²) in [6, 6.07) is 8.25. The van der Waals surface area contributed by atoms with Gasteiger partial charge in [0.05, 0.1) is 12.9 Å². The third-order valence-corrected chi connectivity index (χ3v) is 4.77. The number of aliphatic hydroxyl groups is 2. The number of aliphatic imine (C=N–C) groups is 3. The van der Waals surface area contributed by atoms with Crippen LogP contribution in [0.2, 0.25) is 0 Å². The van der Waals surface area contributed by atoms with Crippen LogP contribution in [0.15, 0.2) is 45.3 Å². The van der Waals surface area contributed by atoms with Crippen molar-refractivity contribution in [3.63, 3.8) is 0 Å². The van der Waals surface area contributed by atoms with Gasteiger partial charge in [-0.2, -0.15) is 0 Å². The van der Waals surface area contributed by atoms with Gasteiger partial charge < -0.3 is 14.9 Å². The first-order chi connectivity index (χ1) is 13.0. The molecular weight excluding hydrogens is 357 g/mol. The highest BCUT2D eigenvalue weighted by Crippen LogP contribution is 2.35.